The van der Waals surface area contributed by atoms with Crippen molar-refractivity contribution in [2.24, 2.45) is 5.41 Å². The lowest BCUT2D eigenvalue weighted by molar-refractivity contribution is -0.123. The van der Waals surface area contributed by atoms with Crippen LogP contribution in [-0.4, -0.2) is 15.5 Å². The number of benzene rings is 3. The number of hydrogen-bond acceptors (Lipinski definition) is 3. The van der Waals surface area contributed by atoms with Crippen LogP contribution in [0.1, 0.15) is 32.2 Å². The summed E-state index contributed by atoms with van der Waals surface area (Å²) < 4.78 is 1.66. The van der Waals surface area contributed by atoms with E-state index in [2.05, 4.69) is 10.3 Å². The lowest BCUT2D eigenvalue weighted by atomic mass is 9.95. The summed E-state index contributed by atoms with van der Waals surface area (Å²) in [5.74, 6) is 0.528. The maximum Gasteiger partial charge on any atom is 0.261 e. The van der Waals surface area contributed by atoms with E-state index in [0.717, 1.165) is 16.7 Å². The Morgan fingerprint density at radius 2 is 1.73 bits per heavy atom. The van der Waals surface area contributed by atoms with Crippen LogP contribution in [0.5, 0.6) is 0 Å². The van der Waals surface area contributed by atoms with Crippen molar-refractivity contribution < 1.29 is 4.79 Å². The SMILES string of the molecule is Cc1nc2ccc(NC(=O)C(C)(C)C)cc2c(=O)n1Cc1ccc(-c2cccc(Cl)c2)cc1. The smallest absolute Gasteiger partial charge is 0.261 e. The quantitative estimate of drug-likeness (QED) is 0.403. The first kappa shape index (κ1) is 22.7. The number of aromatic nitrogens is 2. The van der Waals surface area contributed by atoms with E-state index in [1.165, 1.54) is 0 Å². The van der Waals surface area contributed by atoms with Gasteiger partial charge in [0.05, 0.1) is 17.4 Å². The van der Waals surface area contributed by atoms with Crippen molar-refractivity contribution in [3.05, 3.63) is 93.5 Å². The van der Waals surface area contributed by atoms with E-state index in [9.17, 15) is 9.59 Å². The van der Waals surface area contributed by atoms with Gasteiger partial charge in [-0.3, -0.25) is 14.2 Å². The maximum absolute atomic E-state index is 13.3. The van der Waals surface area contributed by atoms with Crippen LogP contribution in [0.3, 0.4) is 0 Å². The Balaban J connectivity index is 1.64. The summed E-state index contributed by atoms with van der Waals surface area (Å²) in [5, 5.41) is 4.05. The van der Waals surface area contributed by atoms with Crippen LogP contribution in [0.2, 0.25) is 5.02 Å². The topological polar surface area (TPSA) is 64.0 Å². The van der Waals surface area contributed by atoms with Gasteiger partial charge in [-0.15, -0.1) is 0 Å². The standard InChI is InChI=1S/C27H26ClN3O2/c1-17-29-24-13-12-22(30-26(33)27(2,3)4)15-23(24)25(32)31(17)16-18-8-10-19(11-9-18)20-6-5-7-21(28)14-20/h5-15H,16H2,1-4H3,(H,30,33). The van der Waals surface area contributed by atoms with Crippen LogP contribution in [0, 0.1) is 12.3 Å². The molecular weight excluding hydrogens is 434 g/mol. The number of rotatable bonds is 4. The minimum atomic E-state index is -0.530. The molecule has 1 N–H and O–H groups in total. The highest BCUT2D eigenvalue weighted by atomic mass is 35.5. The summed E-state index contributed by atoms with van der Waals surface area (Å²) in [7, 11) is 0. The number of nitrogens with one attached hydrogen (secondary N) is 1. The van der Waals surface area contributed by atoms with Gasteiger partial charge in [0.25, 0.3) is 5.56 Å². The number of anilines is 1. The second-order valence-electron chi connectivity index (χ2n) is 9.19. The third kappa shape index (κ3) is 4.99. The van der Waals surface area contributed by atoms with Gasteiger partial charge in [-0.25, -0.2) is 4.98 Å². The van der Waals surface area contributed by atoms with Crippen LogP contribution in [0.25, 0.3) is 22.0 Å². The van der Waals surface area contributed by atoms with Crippen LogP contribution in [0.15, 0.2) is 71.5 Å². The van der Waals surface area contributed by atoms with Crippen molar-refractivity contribution >= 4 is 34.1 Å². The molecule has 1 aromatic heterocycles. The molecule has 168 valence electrons. The first-order valence-corrected chi connectivity index (χ1v) is 11.2. The molecule has 0 aliphatic heterocycles. The van der Waals surface area contributed by atoms with Crippen molar-refractivity contribution in [3.8, 4) is 11.1 Å². The highest BCUT2D eigenvalue weighted by molar-refractivity contribution is 6.30. The minimum Gasteiger partial charge on any atom is -0.326 e. The van der Waals surface area contributed by atoms with Crippen molar-refractivity contribution in [2.45, 2.75) is 34.2 Å². The summed E-state index contributed by atoms with van der Waals surface area (Å²) in [6.07, 6.45) is 0. The molecule has 0 saturated carbocycles. The molecule has 3 aromatic carbocycles. The van der Waals surface area contributed by atoms with Crippen LogP contribution in [-0.2, 0) is 11.3 Å². The number of aryl methyl sites for hydroxylation is 1. The summed E-state index contributed by atoms with van der Waals surface area (Å²) in [4.78, 5) is 30.3. The Hall–Kier alpha value is -3.44. The molecule has 0 saturated heterocycles. The fourth-order valence-corrected chi connectivity index (χ4v) is 3.76. The molecule has 6 heteroatoms. The highest BCUT2D eigenvalue weighted by Gasteiger charge is 2.21. The minimum absolute atomic E-state index is 0.109. The number of nitrogens with zero attached hydrogens (tertiary/aromatic N) is 2. The van der Waals surface area contributed by atoms with Gasteiger partial charge in [-0.1, -0.05) is 68.8 Å². The Labute approximate surface area is 198 Å². The summed E-state index contributed by atoms with van der Waals surface area (Å²) in [6.45, 7) is 7.77. The first-order chi connectivity index (χ1) is 15.6. The average molecular weight is 460 g/mol. The molecule has 0 aliphatic rings. The zero-order valence-corrected chi connectivity index (χ0v) is 19.9. The second kappa shape index (κ2) is 8.83. The highest BCUT2D eigenvalue weighted by Crippen LogP contribution is 2.24. The molecule has 0 fully saturated rings. The Morgan fingerprint density at radius 1 is 1.00 bits per heavy atom. The third-order valence-electron chi connectivity index (χ3n) is 5.54. The van der Waals surface area contributed by atoms with Gasteiger partial charge in [-0.05, 0) is 53.9 Å². The van der Waals surface area contributed by atoms with E-state index in [4.69, 9.17) is 11.6 Å². The van der Waals surface area contributed by atoms with E-state index in [1.54, 1.807) is 22.8 Å². The van der Waals surface area contributed by atoms with Crippen LogP contribution >= 0.6 is 11.6 Å². The maximum atomic E-state index is 13.3. The molecule has 0 atom stereocenters. The number of amides is 1. The van der Waals surface area contributed by atoms with Crippen LogP contribution < -0.4 is 10.9 Å². The molecule has 0 unspecified atom stereocenters. The largest absolute Gasteiger partial charge is 0.326 e. The molecule has 1 heterocycles. The predicted molar refractivity (Wildman–Crippen MR) is 135 cm³/mol. The molecular formula is C27H26ClN3O2. The molecule has 0 spiro atoms. The number of carbonyl (C=O) groups is 1. The fraction of sp³-hybridized carbons (Fsp3) is 0.222. The fourth-order valence-electron chi connectivity index (χ4n) is 3.57. The Morgan fingerprint density at radius 3 is 2.39 bits per heavy atom. The molecule has 1 amide bonds. The van der Waals surface area contributed by atoms with Gasteiger partial charge < -0.3 is 5.32 Å². The molecule has 0 radical (unpaired) electrons. The first-order valence-electron chi connectivity index (χ1n) is 10.8. The number of hydrogen-bond donors (Lipinski definition) is 1. The zero-order valence-electron chi connectivity index (χ0n) is 19.1. The van der Waals surface area contributed by atoms with E-state index in [-0.39, 0.29) is 11.5 Å². The molecule has 4 rings (SSSR count). The zero-order chi connectivity index (χ0) is 23.8. The molecule has 4 aromatic rings. The summed E-state index contributed by atoms with van der Waals surface area (Å²) in [6, 6.07) is 21.0. The van der Waals surface area contributed by atoms with E-state index in [0.29, 0.717) is 34.0 Å². The molecule has 5 nitrogen and oxygen atoms in total. The van der Waals surface area contributed by atoms with Gasteiger partial charge >= 0.3 is 0 Å². The lowest BCUT2D eigenvalue weighted by Crippen LogP contribution is -2.28. The molecule has 33 heavy (non-hydrogen) atoms. The number of halogens is 1. The van der Waals surface area contributed by atoms with Crippen molar-refractivity contribution in [2.75, 3.05) is 5.32 Å². The Bertz CT molecular complexity index is 1400. The van der Waals surface area contributed by atoms with Crippen molar-refractivity contribution in [1.82, 2.24) is 9.55 Å². The molecule has 0 bridgehead atoms. The summed E-state index contributed by atoms with van der Waals surface area (Å²) in [5.41, 5.74) is 3.62. The average Bonchev–Trinajstić information content (AvgIpc) is 2.77. The van der Waals surface area contributed by atoms with Gasteiger partial charge in [-0.2, -0.15) is 0 Å². The van der Waals surface area contributed by atoms with E-state index >= 15 is 0 Å². The monoisotopic (exact) mass is 459 g/mol. The van der Waals surface area contributed by atoms with Gasteiger partial charge in [0, 0.05) is 16.1 Å². The lowest BCUT2D eigenvalue weighted by Gasteiger charge is -2.18. The second-order valence-corrected chi connectivity index (χ2v) is 9.63. The molecule has 0 aliphatic carbocycles. The van der Waals surface area contributed by atoms with Gasteiger partial charge in [0.1, 0.15) is 5.82 Å². The predicted octanol–water partition coefficient (Wildman–Crippen LogP) is 6.06. The van der Waals surface area contributed by atoms with Crippen molar-refractivity contribution in [1.29, 1.82) is 0 Å². The van der Waals surface area contributed by atoms with E-state index < -0.39 is 5.41 Å². The normalized spacial score (nSPS) is 11.5. The number of fused-ring (bicyclic) bond motifs is 1. The van der Waals surface area contributed by atoms with Crippen LogP contribution in [0.4, 0.5) is 5.69 Å². The van der Waals surface area contributed by atoms with E-state index in [1.807, 2.05) is 76.2 Å². The van der Waals surface area contributed by atoms with Gasteiger partial charge in [0.2, 0.25) is 5.91 Å². The van der Waals surface area contributed by atoms with Crippen molar-refractivity contribution in [3.63, 3.8) is 0 Å². The number of carbonyl (C=O) groups excluding carboxylic acids is 1. The Kier molecular flexibility index (Phi) is 6.09. The van der Waals surface area contributed by atoms with Gasteiger partial charge in [0.15, 0.2) is 0 Å². The summed E-state index contributed by atoms with van der Waals surface area (Å²) >= 11 is 6.11. The third-order valence-corrected chi connectivity index (χ3v) is 5.77.